The fourth-order valence-electron chi connectivity index (χ4n) is 5.94. The minimum absolute atomic E-state index is 0.0442. The molecule has 0 bridgehead atoms. The van der Waals surface area contributed by atoms with Crippen molar-refractivity contribution in [2.75, 3.05) is 44.5 Å². The third-order valence-corrected chi connectivity index (χ3v) is 10.9. The van der Waals surface area contributed by atoms with Gasteiger partial charge in [0.1, 0.15) is 6.04 Å². The second-order valence-electron chi connectivity index (χ2n) is 14.5. The van der Waals surface area contributed by atoms with Crippen LogP contribution in [0.1, 0.15) is 67.6 Å². The van der Waals surface area contributed by atoms with Crippen molar-refractivity contribution in [3.05, 3.63) is 101 Å². The molecule has 3 aromatic carbocycles. The quantitative estimate of drug-likeness (QED) is 0.0958. The van der Waals surface area contributed by atoms with Gasteiger partial charge in [-0.25, -0.2) is 8.42 Å². The van der Waals surface area contributed by atoms with Crippen LogP contribution in [0, 0.1) is 17.8 Å². The molecule has 0 radical (unpaired) electrons. The number of methoxy groups -OCH3 is 1. The van der Waals surface area contributed by atoms with Gasteiger partial charge in [-0.05, 0) is 53.1 Å². The standard InChI is InChI=1S/C42H60N4O9S/c1-8-30(4)39(42(50)43-25-31-15-11-9-12-16-31)45-41(49)36(29(2)3)24-38(47)37(28-55-26-32-17-13-10-14-18-32)44-40(48)34-21-33(27-54-20-19-53-6)22-35(23-34)46(5)56(7,51)52/h9-18,21-23,29-30,36-39,47H,8,19-20,24-28H2,1-7H3,(H,43,50)(H,44,48)(H,45,49)/t30?,36-,37?,38-,39-/m0/s1. The van der Waals surface area contributed by atoms with E-state index in [0.29, 0.717) is 25.1 Å². The summed E-state index contributed by atoms with van der Waals surface area (Å²) in [4.78, 5) is 41.3. The third kappa shape index (κ3) is 15.0. The highest BCUT2D eigenvalue weighted by molar-refractivity contribution is 7.92. The molecule has 0 aromatic heterocycles. The molecule has 3 aromatic rings. The first kappa shape index (κ1) is 46.0. The number of sulfonamides is 1. The van der Waals surface area contributed by atoms with E-state index in [0.717, 1.165) is 21.7 Å². The van der Waals surface area contributed by atoms with Crippen molar-refractivity contribution in [3.63, 3.8) is 0 Å². The van der Waals surface area contributed by atoms with Gasteiger partial charge in [0.25, 0.3) is 5.91 Å². The summed E-state index contributed by atoms with van der Waals surface area (Å²) in [7, 11) is -0.728. The van der Waals surface area contributed by atoms with Gasteiger partial charge in [0.2, 0.25) is 21.8 Å². The van der Waals surface area contributed by atoms with Crippen molar-refractivity contribution in [2.45, 2.75) is 78.5 Å². The second kappa shape index (κ2) is 23.0. The lowest BCUT2D eigenvalue weighted by Gasteiger charge is -2.31. The van der Waals surface area contributed by atoms with Crippen LogP contribution in [0.3, 0.4) is 0 Å². The lowest BCUT2D eigenvalue weighted by molar-refractivity contribution is -0.134. The maximum atomic E-state index is 14.0. The van der Waals surface area contributed by atoms with E-state index in [1.807, 2.05) is 88.4 Å². The van der Waals surface area contributed by atoms with Crippen molar-refractivity contribution in [2.24, 2.45) is 17.8 Å². The highest BCUT2D eigenvalue weighted by Gasteiger charge is 2.34. The van der Waals surface area contributed by atoms with Gasteiger partial charge in [-0.15, -0.1) is 0 Å². The van der Waals surface area contributed by atoms with Crippen LogP contribution in [0.2, 0.25) is 0 Å². The highest BCUT2D eigenvalue weighted by atomic mass is 32.2. The SMILES string of the molecule is CCC(C)[C@H](NC(=O)[C@@H](C[C@H](O)C(COCc1ccccc1)NC(=O)c1cc(COCCOC)cc(N(C)S(C)(=O)=O)c1)C(C)C)C(=O)NCc1ccccc1. The van der Waals surface area contributed by atoms with Gasteiger partial charge < -0.3 is 35.3 Å². The Morgan fingerprint density at radius 2 is 1.45 bits per heavy atom. The molecule has 0 saturated heterocycles. The van der Waals surface area contributed by atoms with Gasteiger partial charge in [-0.3, -0.25) is 18.7 Å². The Bertz CT molecular complexity index is 1780. The second-order valence-corrected chi connectivity index (χ2v) is 16.5. The number of nitrogens with one attached hydrogen (secondary N) is 3. The molecule has 4 N–H and O–H groups in total. The molecule has 5 atom stereocenters. The zero-order valence-corrected chi connectivity index (χ0v) is 34.5. The molecule has 0 aliphatic rings. The van der Waals surface area contributed by atoms with E-state index in [-0.39, 0.29) is 67.7 Å². The molecule has 0 aliphatic carbocycles. The summed E-state index contributed by atoms with van der Waals surface area (Å²) in [6.45, 7) is 8.75. The van der Waals surface area contributed by atoms with Crippen LogP contribution >= 0.6 is 0 Å². The normalized spacial score (nSPS) is 14.3. The molecular formula is C42H60N4O9S. The summed E-state index contributed by atoms with van der Waals surface area (Å²) in [6, 6.07) is 21.8. The number of hydrogen-bond donors (Lipinski definition) is 4. The summed E-state index contributed by atoms with van der Waals surface area (Å²) in [6.07, 6.45) is 0.417. The Morgan fingerprint density at radius 3 is 2.04 bits per heavy atom. The molecule has 13 nitrogen and oxygen atoms in total. The molecule has 0 fully saturated rings. The smallest absolute Gasteiger partial charge is 0.251 e. The monoisotopic (exact) mass is 796 g/mol. The predicted molar refractivity (Wildman–Crippen MR) is 217 cm³/mol. The molecule has 14 heteroatoms. The maximum absolute atomic E-state index is 14.0. The predicted octanol–water partition coefficient (Wildman–Crippen LogP) is 4.43. The topological polar surface area (TPSA) is 173 Å². The Hall–Kier alpha value is -4.34. The van der Waals surface area contributed by atoms with Crippen LogP contribution < -0.4 is 20.3 Å². The van der Waals surface area contributed by atoms with Crippen molar-refractivity contribution in [1.82, 2.24) is 16.0 Å². The average molecular weight is 797 g/mol. The van der Waals surface area contributed by atoms with E-state index in [1.54, 1.807) is 19.2 Å². The Kier molecular flexibility index (Phi) is 18.9. The molecule has 3 rings (SSSR count). The zero-order valence-electron chi connectivity index (χ0n) is 33.7. The van der Waals surface area contributed by atoms with E-state index in [2.05, 4.69) is 16.0 Å². The minimum atomic E-state index is -3.67. The molecule has 0 spiro atoms. The van der Waals surface area contributed by atoms with Crippen LogP contribution in [0.4, 0.5) is 5.69 Å². The number of anilines is 1. The molecule has 0 saturated carbocycles. The first-order chi connectivity index (χ1) is 26.6. The summed E-state index contributed by atoms with van der Waals surface area (Å²) >= 11 is 0. The number of rotatable bonds is 24. The zero-order chi connectivity index (χ0) is 41.3. The van der Waals surface area contributed by atoms with E-state index >= 15 is 0 Å². The summed E-state index contributed by atoms with van der Waals surface area (Å²) in [5.41, 5.74) is 2.77. The molecule has 308 valence electrons. The number of aliphatic hydroxyl groups is 1. The number of nitrogens with zero attached hydrogens (tertiary/aromatic N) is 1. The molecular weight excluding hydrogens is 737 g/mol. The van der Waals surface area contributed by atoms with Crippen molar-refractivity contribution in [1.29, 1.82) is 0 Å². The fourth-order valence-corrected chi connectivity index (χ4v) is 6.42. The van der Waals surface area contributed by atoms with Crippen LogP contribution in [0.5, 0.6) is 0 Å². The van der Waals surface area contributed by atoms with Gasteiger partial charge >= 0.3 is 0 Å². The van der Waals surface area contributed by atoms with Gasteiger partial charge in [0, 0.05) is 32.2 Å². The van der Waals surface area contributed by atoms with Gasteiger partial charge in [0.15, 0.2) is 0 Å². The van der Waals surface area contributed by atoms with Crippen molar-refractivity contribution in [3.8, 4) is 0 Å². The summed E-state index contributed by atoms with van der Waals surface area (Å²) in [5, 5.41) is 20.6. The molecule has 2 unspecified atom stereocenters. The van der Waals surface area contributed by atoms with Crippen LogP contribution in [-0.4, -0.2) is 89.7 Å². The Labute approximate surface area is 332 Å². The first-order valence-corrected chi connectivity index (χ1v) is 20.9. The number of aliphatic hydroxyl groups excluding tert-OH is 1. The maximum Gasteiger partial charge on any atom is 0.251 e. The number of benzene rings is 3. The van der Waals surface area contributed by atoms with Crippen LogP contribution in [0.25, 0.3) is 0 Å². The third-order valence-electron chi connectivity index (χ3n) is 9.73. The van der Waals surface area contributed by atoms with Gasteiger partial charge in [-0.1, -0.05) is 94.8 Å². The number of hydrogen-bond acceptors (Lipinski definition) is 9. The van der Waals surface area contributed by atoms with Crippen LogP contribution in [-0.2, 0) is 53.6 Å². The minimum Gasteiger partial charge on any atom is -0.391 e. The number of amides is 3. The summed E-state index contributed by atoms with van der Waals surface area (Å²) in [5.74, 6) is -2.40. The van der Waals surface area contributed by atoms with Gasteiger partial charge in [0.05, 0.1) is 57.1 Å². The molecule has 0 heterocycles. The van der Waals surface area contributed by atoms with Crippen molar-refractivity contribution >= 4 is 33.4 Å². The Balaban J connectivity index is 1.86. The van der Waals surface area contributed by atoms with E-state index in [4.69, 9.17) is 14.2 Å². The summed E-state index contributed by atoms with van der Waals surface area (Å²) < 4.78 is 42.7. The van der Waals surface area contributed by atoms with E-state index < -0.39 is 40.0 Å². The molecule has 56 heavy (non-hydrogen) atoms. The molecule has 0 aliphatic heterocycles. The molecule has 3 amide bonds. The van der Waals surface area contributed by atoms with Crippen molar-refractivity contribution < 1.29 is 42.1 Å². The van der Waals surface area contributed by atoms with Crippen LogP contribution in [0.15, 0.2) is 78.9 Å². The van der Waals surface area contributed by atoms with Gasteiger partial charge in [-0.2, -0.15) is 0 Å². The van der Waals surface area contributed by atoms with E-state index in [1.165, 1.54) is 13.1 Å². The largest absolute Gasteiger partial charge is 0.391 e. The lowest BCUT2D eigenvalue weighted by Crippen LogP contribution is -2.53. The highest BCUT2D eigenvalue weighted by Crippen LogP contribution is 2.24. The Morgan fingerprint density at radius 1 is 0.821 bits per heavy atom. The average Bonchev–Trinajstić information content (AvgIpc) is 3.18. The first-order valence-electron chi connectivity index (χ1n) is 19.0. The number of carbonyl (C=O) groups excluding carboxylic acids is 3. The van der Waals surface area contributed by atoms with E-state index in [9.17, 15) is 27.9 Å². The number of ether oxygens (including phenoxy) is 3. The number of carbonyl (C=O) groups is 3. The fraction of sp³-hybridized carbons (Fsp3) is 0.500. The lowest BCUT2D eigenvalue weighted by atomic mass is 9.86.